The molecule has 1 aromatic heterocycles. The van der Waals surface area contributed by atoms with Crippen molar-refractivity contribution in [1.29, 1.82) is 0 Å². The Morgan fingerprint density at radius 2 is 1.95 bits per heavy atom. The van der Waals surface area contributed by atoms with Gasteiger partial charge >= 0.3 is 0 Å². The van der Waals surface area contributed by atoms with Crippen LogP contribution in [0.5, 0.6) is 0 Å². The van der Waals surface area contributed by atoms with Crippen LogP contribution in [0, 0.1) is 13.8 Å². The molecule has 3 nitrogen and oxygen atoms in total. The number of hydrogen-bond donors (Lipinski definition) is 0. The average molecular weight is 256 g/mol. The average Bonchev–Trinajstić information content (AvgIpc) is 2.73. The number of carbonyl (C=O) groups excluding carboxylic acids is 1. The van der Waals surface area contributed by atoms with Crippen LogP contribution in [-0.4, -0.2) is 15.6 Å². The van der Waals surface area contributed by atoms with E-state index in [9.17, 15) is 4.79 Å². The van der Waals surface area contributed by atoms with Crippen LogP contribution < -0.4 is 0 Å². The van der Waals surface area contributed by atoms with Gasteiger partial charge in [0, 0.05) is 18.3 Å². The van der Waals surface area contributed by atoms with Gasteiger partial charge in [-0.15, -0.1) is 0 Å². The van der Waals surface area contributed by atoms with Gasteiger partial charge in [-0.1, -0.05) is 19.1 Å². The highest BCUT2D eigenvalue weighted by Gasteiger charge is 2.12. The SMILES string of the molecule is CCc1cc(CC(=O)c2ccc(C)c(C)c2)n(C)n1. The molecule has 0 aliphatic heterocycles. The molecule has 1 heterocycles. The summed E-state index contributed by atoms with van der Waals surface area (Å²) < 4.78 is 1.80. The molecular formula is C16H20N2O. The highest BCUT2D eigenvalue weighted by Crippen LogP contribution is 2.13. The Kier molecular flexibility index (Phi) is 3.84. The summed E-state index contributed by atoms with van der Waals surface area (Å²) in [5, 5.41) is 4.37. The van der Waals surface area contributed by atoms with Crippen molar-refractivity contribution in [3.05, 3.63) is 52.3 Å². The van der Waals surface area contributed by atoms with E-state index in [0.29, 0.717) is 6.42 Å². The fourth-order valence-electron chi connectivity index (χ4n) is 2.09. The predicted octanol–water partition coefficient (Wildman–Crippen LogP) is 3.02. The van der Waals surface area contributed by atoms with Gasteiger partial charge in [-0.25, -0.2) is 0 Å². The molecule has 2 aromatic rings. The van der Waals surface area contributed by atoms with Gasteiger partial charge in [0.2, 0.25) is 0 Å². The maximum atomic E-state index is 12.3. The number of hydrogen-bond acceptors (Lipinski definition) is 2. The lowest BCUT2D eigenvalue weighted by atomic mass is 10.0. The first-order valence-electron chi connectivity index (χ1n) is 6.63. The Bertz CT molecular complexity index is 611. The summed E-state index contributed by atoms with van der Waals surface area (Å²) >= 11 is 0. The minimum absolute atomic E-state index is 0.147. The number of carbonyl (C=O) groups is 1. The monoisotopic (exact) mass is 256 g/mol. The zero-order chi connectivity index (χ0) is 14.0. The number of ketones is 1. The van der Waals surface area contributed by atoms with Gasteiger partial charge in [0.25, 0.3) is 0 Å². The third kappa shape index (κ3) is 2.92. The van der Waals surface area contributed by atoms with Crippen LogP contribution in [0.25, 0.3) is 0 Å². The van der Waals surface area contributed by atoms with E-state index in [-0.39, 0.29) is 5.78 Å². The van der Waals surface area contributed by atoms with Crippen LogP contribution in [0.1, 0.15) is 39.8 Å². The predicted molar refractivity (Wildman–Crippen MR) is 76.5 cm³/mol. The van der Waals surface area contributed by atoms with Crippen molar-refractivity contribution in [3.8, 4) is 0 Å². The van der Waals surface area contributed by atoms with Gasteiger partial charge in [-0.3, -0.25) is 9.48 Å². The van der Waals surface area contributed by atoms with Crippen molar-refractivity contribution in [2.45, 2.75) is 33.6 Å². The van der Waals surface area contributed by atoms with Crippen LogP contribution in [0.4, 0.5) is 0 Å². The fraction of sp³-hybridized carbons (Fsp3) is 0.375. The molecule has 0 amide bonds. The second-order valence-electron chi connectivity index (χ2n) is 5.00. The molecule has 3 heteroatoms. The minimum atomic E-state index is 0.147. The normalized spacial score (nSPS) is 10.7. The van der Waals surface area contributed by atoms with Crippen LogP contribution in [0.2, 0.25) is 0 Å². The summed E-state index contributed by atoms with van der Waals surface area (Å²) in [4.78, 5) is 12.3. The first-order chi connectivity index (χ1) is 9.01. The zero-order valence-corrected chi connectivity index (χ0v) is 12.0. The first kappa shape index (κ1) is 13.5. The quantitative estimate of drug-likeness (QED) is 0.788. The molecule has 0 saturated carbocycles. The van der Waals surface area contributed by atoms with E-state index in [4.69, 9.17) is 0 Å². The van der Waals surface area contributed by atoms with Crippen molar-refractivity contribution in [3.63, 3.8) is 0 Å². The van der Waals surface area contributed by atoms with E-state index in [0.717, 1.165) is 28.9 Å². The third-order valence-electron chi connectivity index (χ3n) is 3.56. The maximum absolute atomic E-state index is 12.3. The molecule has 0 fully saturated rings. The molecule has 100 valence electrons. The molecule has 0 unspecified atom stereocenters. The molecule has 0 bridgehead atoms. The van der Waals surface area contributed by atoms with Gasteiger partial charge in [0.15, 0.2) is 5.78 Å². The summed E-state index contributed by atoms with van der Waals surface area (Å²) in [6.07, 6.45) is 1.30. The summed E-state index contributed by atoms with van der Waals surface area (Å²) in [7, 11) is 1.89. The molecule has 0 spiro atoms. The number of rotatable bonds is 4. The second-order valence-corrected chi connectivity index (χ2v) is 5.00. The Balaban J connectivity index is 2.20. The number of nitrogens with zero attached hydrogens (tertiary/aromatic N) is 2. The molecule has 1 aromatic carbocycles. The largest absolute Gasteiger partial charge is 0.294 e. The first-order valence-corrected chi connectivity index (χ1v) is 6.63. The van der Waals surface area contributed by atoms with Gasteiger partial charge in [0.1, 0.15) is 0 Å². The smallest absolute Gasteiger partial charge is 0.168 e. The Labute approximate surface area is 114 Å². The van der Waals surface area contributed by atoms with Crippen LogP contribution in [-0.2, 0) is 19.9 Å². The van der Waals surface area contributed by atoms with Crippen molar-refractivity contribution in [2.75, 3.05) is 0 Å². The highest BCUT2D eigenvalue weighted by molar-refractivity contribution is 5.97. The zero-order valence-electron chi connectivity index (χ0n) is 12.0. The number of benzene rings is 1. The molecule has 0 radical (unpaired) electrons. The van der Waals surface area contributed by atoms with E-state index in [1.807, 2.05) is 38.2 Å². The molecular weight excluding hydrogens is 236 g/mol. The fourth-order valence-corrected chi connectivity index (χ4v) is 2.09. The topological polar surface area (TPSA) is 34.9 Å². The van der Waals surface area contributed by atoms with Crippen molar-refractivity contribution in [2.24, 2.45) is 7.05 Å². The van der Waals surface area contributed by atoms with Crippen molar-refractivity contribution in [1.82, 2.24) is 9.78 Å². The van der Waals surface area contributed by atoms with E-state index in [1.54, 1.807) is 4.68 Å². The molecule has 0 aliphatic rings. The van der Waals surface area contributed by atoms with Gasteiger partial charge < -0.3 is 0 Å². The number of aromatic nitrogens is 2. The lowest BCUT2D eigenvalue weighted by Crippen LogP contribution is -2.08. The standard InChI is InChI=1S/C16H20N2O/c1-5-14-9-15(18(4)17-14)10-16(19)13-7-6-11(2)12(3)8-13/h6-9H,5,10H2,1-4H3. The number of Topliss-reactive ketones (excluding diaryl/α,β-unsaturated/α-hetero) is 1. The molecule has 0 N–H and O–H groups in total. The van der Waals surface area contributed by atoms with Gasteiger partial charge in [-0.2, -0.15) is 5.10 Å². The minimum Gasteiger partial charge on any atom is -0.294 e. The lowest BCUT2D eigenvalue weighted by Gasteiger charge is -2.05. The Hall–Kier alpha value is -1.90. The van der Waals surface area contributed by atoms with Crippen molar-refractivity contribution < 1.29 is 4.79 Å². The molecule has 0 saturated heterocycles. The third-order valence-corrected chi connectivity index (χ3v) is 3.56. The highest BCUT2D eigenvalue weighted by atomic mass is 16.1. The Morgan fingerprint density at radius 1 is 1.21 bits per heavy atom. The van der Waals surface area contributed by atoms with E-state index < -0.39 is 0 Å². The second kappa shape index (κ2) is 5.39. The summed E-state index contributed by atoms with van der Waals surface area (Å²) in [5.41, 5.74) is 5.16. The molecule has 0 atom stereocenters. The van der Waals surface area contributed by atoms with E-state index in [2.05, 4.69) is 18.9 Å². The summed E-state index contributed by atoms with van der Waals surface area (Å²) in [6.45, 7) is 6.15. The Morgan fingerprint density at radius 3 is 2.53 bits per heavy atom. The van der Waals surface area contributed by atoms with Crippen LogP contribution in [0.15, 0.2) is 24.3 Å². The lowest BCUT2D eigenvalue weighted by molar-refractivity contribution is 0.0990. The van der Waals surface area contributed by atoms with Crippen LogP contribution >= 0.6 is 0 Å². The van der Waals surface area contributed by atoms with E-state index >= 15 is 0 Å². The van der Waals surface area contributed by atoms with Gasteiger partial charge in [0.05, 0.1) is 12.1 Å². The summed E-state index contributed by atoms with van der Waals surface area (Å²) in [5.74, 6) is 0.147. The number of aryl methyl sites for hydroxylation is 4. The van der Waals surface area contributed by atoms with Crippen molar-refractivity contribution >= 4 is 5.78 Å². The summed E-state index contributed by atoms with van der Waals surface area (Å²) in [6, 6.07) is 7.89. The van der Waals surface area contributed by atoms with E-state index in [1.165, 1.54) is 5.56 Å². The van der Waals surface area contributed by atoms with Gasteiger partial charge in [-0.05, 0) is 43.5 Å². The molecule has 0 aliphatic carbocycles. The molecule has 19 heavy (non-hydrogen) atoms. The maximum Gasteiger partial charge on any atom is 0.168 e. The molecule has 2 rings (SSSR count). The van der Waals surface area contributed by atoms with Crippen LogP contribution in [0.3, 0.4) is 0 Å².